The number of hydrogen-bond acceptors (Lipinski definition) is 5. The van der Waals surface area contributed by atoms with Gasteiger partial charge in [0.15, 0.2) is 0 Å². The van der Waals surface area contributed by atoms with Gasteiger partial charge in [0.1, 0.15) is 10.8 Å². The third-order valence-electron chi connectivity index (χ3n) is 2.76. The lowest BCUT2D eigenvalue weighted by Crippen LogP contribution is -2.11. The number of benzene rings is 1. The maximum absolute atomic E-state index is 12.0. The van der Waals surface area contributed by atoms with E-state index in [2.05, 4.69) is 4.98 Å². The van der Waals surface area contributed by atoms with Gasteiger partial charge in [0.2, 0.25) is 0 Å². The Morgan fingerprint density at radius 2 is 2.09 bits per heavy atom. The summed E-state index contributed by atoms with van der Waals surface area (Å²) >= 11 is 14.9. The average molecular weight is 370 g/mol. The highest BCUT2D eigenvalue weighted by Gasteiger charge is 2.13. The molecule has 7 heteroatoms. The standard InChI is InChI=1S/C15H9Cl2NO2S2/c16-10-1-2-13(12(17)5-10)20-14(19)6-11-8-22-15(18-11)9-3-4-21-7-9/h1-5,7-8H,6H2. The Morgan fingerprint density at radius 1 is 1.23 bits per heavy atom. The Labute approximate surface area is 145 Å². The molecule has 0 fully saturated rings. The zero-order valence-electron chi connectivity index (χ0n) is 11.1. The number of thiazole rings is 1. The zero-order chi connectivity index (χ0) is 15.5. The highest BCUT2D eigenvalue weighted by atomic mass is 35.5. The summed E-state index contributed by atoms with van der Waals surface area (Å²) in [6.07, 6.45) is 0.0968. The number of thiophene rings is 1. The summed E-state index contributed by atoms with van der Waals surface area (Å²) < 4.78 is 5.24. The van der Waals surface area contributed by atoms with Crippen LogP contribution in [-0.4, -0.2) is 11.0 Å². The first-order valence-corrected chi connectivity index (χ1v) is 8.82. The number of nitrogens with zero attached hydrogens (tertiary/aromatic N) is 1. The van der Waals surface area contributed by atoms with Gasteiger partial charge in [-0.15, -0.1) is 11.3 Å². The normalized spacial score (nSPS) is 10.6. The molecule has 0 bridgehead atoms. The lowest BCUT2D eigenvalue weighted by atomic mass is 10.3. The van der Waals surface area contributed by atoms with Gasteiger partial charge in [0.25, 0.3) is 0 Å². The second-order valence-electron chi connectivity index (χ2n) is 4.38. The predicted molar refractivity (Wildman–Crippen MR) is 91.2 cm³/mol. The molecule has 0 radical (unpaired) electrons. The summed E-state index contributed by atoms with van der Waals surface area (Å²) in [5.41, 5.74) is 1.75. The molecule has 1 aromatic carbocycles. The van der Waals surface area contributed by atoms with Gasteiger partial charge in [-0.25, -0.2) is 4.98 Å². The molecular formula is C15H9Cl2NO2S2. The van der Waals surface area contributed by atoms with Gasteiger partial charge in [-0.05, 0) is 29.6 Å². The van der Waals surface area contributed by atoms with Crippen molar-refractivity contribution in [1.82, 2.24) is 4.98 Å². The van der Waals surface area contributed by atoms with Crippen molar-refractivity contribution in [3.63, 3.8) is 0 Å². The van der Waals surface area contributed by atoms with E-state index in [9.17, 15) is 4.79 Å². The van der Waals surface area contributed by atoms with Crippen LogP contribution in [0.4, 0.5) is 0 Å². The van der Waals surface area contributed by atoms with Crippen molar-refractivity contribution >= 4 is 51.8 Å². The van der Waals surface area contributed by atoms with Crippen molar-refractivity contribution in [3.8, 4) is 16.3 Å². The smallest absolute Gasteiger partial charge is 0.317 e. The molecular weight excluding hydrogens is 361 g/mol. The third kappa shape index (κ3) is 3.67. The van der Waals surface area contributed by atoms with Gasteiger partial charge in [0, 0.05) is 21.3 Å². The van der Waals surface area contributed by atoms with Gasteiger partial charge >= 0.3 is 5.97 Å². The summed E-state index contributed by atoms with van der Waals surface area (Å²) in [6.45, 7) is 0. The molecule has 0 aliphatic heterocycles. The summed E-state index contributed by atoms with van der Waals surface area (Å²) in [7, 11) is 0. The summed E-state index contributed by atoms with van der Waals surface area (Å²) in [5, 5.41) is 7.57. The maximum atomic E-state index is 12.0. The molecule has 2 heterocycles. The van der Waals surface area contributed by atoms with Crippen molar-refractivity contribution in [2.75, 3.05) is 0 Å². The maximum Gasteiger partial charge on any atom is 0.317 e. The lowest BCUT2D eigenvalue weighted by Gasteiger charge is -2.05. The number of carbonyl (C=O) groups excluding carboxylic acids is 1. The fraction of sp³-hybridized carbons (Fsp3) is 0.0667. The third-order valence-corrected chi connectivity index (χ3v) is 4.92. The van der Waals surface area contributed by atoms with Crippen LogP contribution in [0.5, 0.6) is 5.75 Å². The lowest BCUT2D eigenvalue weighted by molar-refractivity contribution is -0.133. The monoisotopic (exact) mass is 369 g/mol. The molecule has 112 valence electrons. The predicted octanol–water partition coefficient (Wildman–Crippen LogP) is 5.33. The molecule has 0 saturated carbocycles. The Kier molecular flexibility index (Phi) is 4.78. The molecule has 0 atom stereocenters. The largest absolute Gasteiger partial charge is 0.425 e. The molecule has 0 aliphatic rings. The van der Waals surface area contributed by atoms with E-state index >= 15 is 0 Å². The zero-order valence-corrected chi connectivity index (χ0v) is 14.2. The van der Waals surface area contributed by atoms with Crippen LogP contribution in [0, 0.1) is 0 Å². The van der Waals surface area contributed by atoms with Gasteiger partial charge in [0.05, 0.1) is 17.1 Å². The van der Waals surface area contributed by atoms with Crippen molar-refractivity contribution in [2.45, 2.75) is 6.42 Å². The van der Waals surface area contributed by atoms with Crippen LogP contribution in [0.1, 0.15) is 5.69 Å². The molecule has 22 heavy (non-hydrogen) atoms. The van der Waals surface area contributed by atoms with Crippen LogP contribution in [0.3, 0.4) is 0 Å². The Bertz CT molecular complexity index is 800. The first kappa shape index (κ1) is 15.5. The van der Waals surface area contributed by atoms with Gasteiger partial charge in [-0.3, -0.25) is 4.79 Å². The van der Waals surface area contributed by atoms with Crippen LogP contribution in [0.2, 0.25) is 10.0 Å². The second kappa shape index (κ2) is 6.79. The summed E-state index contributed by atoms with van der Waals surface area (Å²) in [4.78, 5) is 16.4. The molecule has 3 rings (SSSR count). The quantitative estimate of drug-likeness (QED) is 0.461. The number of halogens is 2. The van der Waals surface area contributed by atoms with Crippen LogP contribution in [0.15, 0.2) is 40.4 Å². The molecule has 0 N–H and O–H groups in total. The van der Waals surface area contributed by atoms with E-state index in [4.69, 9.17) is 27.9 Å². The Morgan fingerprint density at radius 3 is 2.82 bits per heavy atom. The molecule has 2 aromatic heterocycles. The number of ether oxygens (including phenoxy) is 1. The number of hydrogen-bond donors (Lipinski definition) is 0. The van der Waals surface area contributed by atoms with E-state index in [-0.39, 0.29) is 6.42 Å². The molecule has 3 aromatic rings. The van der Waals surface area contributed by atoms with Gasteiger partial charge < -0.3 is 4.74 Å². The first-order chi connectivity index (χ1) is 10.6. The Hall–Kier alpha value is -1.40. The highest BCUT2D eigenvalue weighted by molar-refractivity contribution is 7.14. The van der Waals surface area contributed by atoms with E-state index in [1.807, 2.05) is 22.2 Å². The van der Waals surface area contributed by atoms with E-state index < -0.39 is 5.97 Å². The minimum atomic E-state index is -0.411. The highest BCUT2D eigenvalue weighted by Crippen LogP contribution is 2.28. The van der Waals surface area contributed by atoms with Crippen LogP contribution >= 0.6 is 45.9 Å². The molecule has 0 aliphatic carbocycles. The SMILES string of the molecule is O=C(Cc1csc(-c2ccsc2)n1)Oc1ccc(Cl)cc1Cl. The molecule has 0 amide bonds. The number of aromatic nitrogens is 1. The van der Waals surface area contributed by atoms with E-state index in [1.165, 1.54) is 17.4 Å². The number of carbonyl (C=O) groups is 1. The van der Waals surface area contributed by atoms with Gasteiger partial charge in [-0.2, -0.15) is 11.3 Å². The van der Waals surface area contributed by atoms with Crippen molar-refractivity contribution in [3.05, 3.63) is 56.1 Å². The molecule has 0 spiro atoms. The first-order valence-electron chi connectivity index (χ1n) is 6.24. The topological polar surface area (TPSA) is 39.2 Å². The molecule has 3 nitrogen and oxygen atoms in total. The van der Waals surface area contributed by atoms with Crippen LogP contribution < -0.4 is 4.74 Å². The number of esters is 1. The van der Waals surface area contributed by atoms with Crippen molar-refractivity contribution in [2.24, 2.45) is 0 Å². The molecule has 0 unspecified atom stereocenters. The summed E-state index contributed by atoms with van der Waals surface area (Å²) in [5.74, 6) is -0.115. The van der Waals surface area contributed by atoms with Crippen molar-refractivity contribution < 1.29 is 9.53 Å². The van der Waals surface area contributed by atoms with Gasteiger partial charge in [-0.1, -0.05) is 23.2 Å². The second-order valence-corrected chi connectivity index (χ2v) is 6.86. The van der Waals surface area contributed by atoms with E-state index in [1.54, 1.807) is 23.5 Å². The van der Waals surface area contributed by atoms with Crippen molar-refractivity contribution in [1.29, 1.82) is 0 Å². The minimum absolute atomic E-state index is 0.0968. The van der Waals surface area contributed by atoms with E-state index in [0.29, 0.717) is 21.5 Å². The molecule has 0 saturated heterocycles. The minimum Gasteiger partial charge on any atom is -0.425 e. The average Bonchev–Trinajstić information content (AvgIpc) is 3.12. The van der Waals surface area contributed by atoms with Crippen LogP contribution in [-0.2, 0) is 11.2 Å². The fourth-order valence-electron chi connectivity index (χ4n) is 1.77. The van der Waals surface area contributed by atoms with E-state index in [0.717, 1.165) is 10.6 Å². The Balaban J connectivity index is 1.67. The fourth-order valence-corrected chi connectivity index (χ4v) is 3.75. The van der Waals surface area contributed by atoms with Crippen LogP contribution in [0.25, 0.3) is 10.6 Å². The number of rotatable bonds is 4. The summed E-state index contributed by atoms with van der Waals surface area (Å²) in [6, 6.07) is 6.72.